The quantitative estimate of drug-likeness (QED) is 0.929. The lowest BCUT2D eigenvalue weighted by Crippen LogP contribution is -2.54. The molecule has 0 radical (unpaired) electrons. The fraction of sp³-hybridized carbons (Fsp3) is 0.588. The maximum absolute atomic E-state index is 12.6. The van der Waals surface area contributed by atoms with E-state index in [9.17, 15) is 4.79 Å². The highest BCUT2D eigenvalue weighted by molar-refractivity contribution is 5.75. The number of hydrogen-bond donors (Lipinski definition) is 1. The van der Waals surface area contributed by atoms with Gasteiger partial charge in [-0.1, -0.05) is 30.3 Å². The van der Waals surface area contributed by atoms with Crippen LogP contribution in [0.15, 0.2) is 30.3 Å². The zero-order chi connectivity index (χ0) is 14.9. The van der Waals surface area contributed by atoms with Gasteiger partial charge in [-0.15, -0.1) is 0 Å². The molecule has 3 rings (SSSR count). The Hall–Kier alpha value is -1.55. The highest BCUT2D eigenvalue weighted by Crippen LogP contribution is 2.41. The number of rotatable bonds is 3. The fourth-order valence-corrected chi connectivity index (χ4v) is 2.98. The van der Waals surface area contributed by atoms with Crippen molar-refractivity contribution in [1.29, 1.82) is 0 Å². The summed E-state index contributed by atoms with van der Waals surface area (Å²) < 4.78 is 5.67. The number of ether oxygens (including phenoxy) is 1. The Labute approximate surface area is 126 Å². The predicted octanol–water partition coefficient (Wildman–Crippen LogP) is 2.96. The first-order valence-corrected chi connectivity index (χ1v) is 7.79. The molecule has 4 nitrogen and oxygen atoms in total. The number of nitrogens with zero attached hydrogens (tertiary/aromatic N) is 1. The van der Waals surface area contributed by atoms with Crippen LogP contribution < -0.4 is 5.32 Å². The second-order valence-electron chi connectivity index (χ2n) is 6.70. The number of hydrogen-bond acceptors (Lipinski definition) is 2. The minimum absolute atomic E-state index is 0.0344. The molecule has 1 atom stereocenters. The molecule has 2 amide bonds. The lowest BCUT2D eigenvalue weighted by Gasteiger charge is -2.38. The van der Waals surface area contributed by atoms with Gasteiger partial charge < -0.3 is 15.0 Å². The van der Waals surface area contributed by atoms with Crippen LogP contribution in [-0.4, -0.2) is 36.2 Å². The molecule has 1 unspecified atom stereocenters. The molecule has 0 spiro atoms. The summed E-state index contributed by atoms with van der Waals surface area (Å²) in [5.74, 6) is 0.588. The highest BCUT2D eigenvalue weighted by atomic mass is 16.5. The smallest absolute Gasteiger partial charge is 0.318 e. The predicted molar refractivity (Wildman–Crippen MR) is 82.0 cm³/mol. The Balaban J connectivity index is 1.67. The van der Waals surface area contributed by atoms with E-state index in [1.54, 1.807) is 0 Å². The Kier molecular flexibility index (Phi) is 3.89. The first-order chi connectivity index (χ1) is 10.1. The van der Waals surface area contributed by atoms with E-state index in [1.807, 2.05) is 36.9 Å². The SMILES string of the molecule is CC1(C)CN(C(=O)NC(c2ccccc2)C2CC2)CCO1. The first-order valence-electron chi connectivity index (χ1n) is 7.79. The van der Waals surface area contributed by atoms with Crippen LogP contribution in [-0.2, 0) is 4.74 Å². The molecule has 1 aliphatic carbocycles. The second-order valence-corrected chi connectivity index (χ2v) is 6.70. The van der Waals surface area contributed by atoms with Gasteiger partial charge in [-0.05, 0) is 38.2 Å². The molecule has 114 valence electrons. The van der Waals surface area contributed by atoms with Crippen molar-refractivity contribution in [3.05, 3.63) is 35.9 Å². The van der Waals surface area contributed by atoms with E-state index in [0.717, 1.165) is 0 Å². The molecular weight excluding hydrogens is 264 g/mol. The zero-order valence-corrected chi connectivity index (χ0v) is 12.8. The molecule has 4 heteroatoms. The lowest BCUT2D eigenvalue weighted by molar-refractivity contribution is -0.0736. The number of benzene rings is 1. The third-order valence-corrected chi connectivity index (χ3v) is 4.24. The number of amides is 2. The highest BCUT2D eigenvalue weighted by Gasteiger charge is 2.36. The van der Waals surface area contributed by atoms with Crippen molar-refractivity contribution in [2.75, 3.05) is 19.7 Å². The summed E-state index contributed by atoms with van der Waals surface area (Å²) in [5, 5.41) is 3.23. The average Bonchev–Trinajstić information content (AvgIpc) is 3.29. The van der Waals surface area contributed by atoms with E-state index >= 15 is 0 Å². The van der Waals surface area contributed by atoms with Gasteiger partial charge >= 0.3 is 6.03 Å². The van der Waals surface area contributed by atoms with E-state index in [0.29, 0.717) is 25.6 Å². The monoisotopic (exact) mass is 288 g/mol. The van der Waals surface area contributed by atoms with E-state index in [1.165, 1.54) is 18.4 Å². The summed E-state index contributed by atoms with van der Waals surface area (Å²) in [4.78, 5) is 14.4. The number of carbonyl (C=O) groups is 1. The van der Waals surface area contributed by atoms with Crippen LogP contribution in [0.2, 0.25) is 0 Å². The van der Waals surface area contributed by atoms with Crippen molar-refractivity contribution in [3.63, 3.8) is 0 Å². The molecule has 1 heterocycles. The summed E-state index contributed by atoms with van der Waals surface area (Å²) in [6, 6.07) is 10.5. The molecule has 1 saturated heterocycles. The maximum atomic E-state index is 12.6. The summed E-state index contributed by atoms with van der Waals surface area (Å²) >= 11 is 0. The van der Waals surface area contributed by atoms with E-state index < -0.39 is 0 Å². The normalized spacial score (nSPS) is 22.7. The third-order valence-electron chi connectivity index (χ3n) is 4.24. The van der Waals surface area contributed by atoms with E-state index in [4.69, 9.17) is 4.74 Å². The lowest BCUT2D eigenvalue weighted by atomic mass is 10.0. The summed E-state index contributed by atoms with van der Waals surface area (Å²) in [6.45, 7) is 5.98. The summed E-state index contributed by atoms with van der Waals surface area (Å²) in [6.07, 6.45) is 2.41. The topological polar surface area (TPSA) is 41.6 Å². The Morgan fingerprint density at radius 1 is 1.33 bits per heavy atom. The number of morpholine rings is 1. The Bertz CT molecular complexity index is 497. The van der Waals surface area contributed by atoms with Gasteiger partial charge in [-0.25, -0.2) is 4.79 Å². The molecule has 2 aliphatic rings. The Morgan fingerprint density at radius 2 is 2.05 bits per heavy atom. The van der Waals surface area contributed by atoms with Gasteiger partial charge in [0.15, 0.2) is 0 Å². The van der Waals surface area contributed by atoms with Gasteiger partial charge in [0.25, 0.3) is 0 Å². The second kappa shape index (κ2) is 5.68. The van der Waals surface area contributed by atoms with Crippen molar-refractivity contribution >= 4 is 6.03 Å². The van der Waals surface area contributed by atoms with Crippen molar-refractivity contribution in [2.45, 2.75) is 38.3 Å². The molecule has 1 N–H and O–H groups in total. The van der Waals surface area contributed by atoms with Crippen molar-refractivity contribution < 1.29 is 9.53 Å². The van der Waals surface area contributed by atoms with Gasteiger partial charge in [-0.2, -0.15) is 0 Å². The molecule has 1 aliphatic heterocycles. The number of carbonyl (C=O) groups excluding carboxylic acids is 1. The average molecular weight is 288 g/mol. The van der Waals surface area contributed by atoms with Crippen molar-refractivity contribution in [2.24, 2.45) is 5.92 Å². The first kappa shape index (κ1) is 14.4. The van der Waals surface area contributed by atoms with Gasteiger partial charge in [0.1, 0.15) is 0 Å². The summed E-state index contributed by atoms with van der Waals surface area (Å²) in [5.41, 5.74) is 0.957. The van der Waals surface area contributed by atoms with Gasteiger partial charge in [0.2, 0.25) is 0 Å². The van der Waals surface area contributed by atoms with E-state index in [-0.39, 0.29) is 17.7 Å². The van der Waals surface area contributed by atoms with Crippen LogP contribution in [0, 0.1) is 5.92 Å². The molecule has 21 heavy (non-hydrogen) atoms. The van der Waals surface area contributed by atoms with Crippen LogP contribution >= 0.6 is 0 Å². The zero-order valence-electron chi connectivity index (χ0n) is 12.8. The molecule has 1 aromatic carbocycles. The molecule has 1 aromatic rings. The van der Waals surface area contributed by atoms with Crippen LogP contribution in [0.4, 0.5) is 4.79 Å². The van der Waals surface area contributed by atoms with Crippen LogP contribution in [0.5, 0.6) is 0 Å². The molecule has 2 fully saturated rings. The van der Waals surface area contributed by atoms with Gasteiger partial charge in [0, 0.05) is 6.54 Å². The van der Waals surface area contributed by atoms with Crippen LogP contribution in [0.3, 0.4) is 0 Å². The van der Waals surface area contributed by atoms with Gasteiger partial charge in [-0.3, -0.25) is 0 Å². The molecule has 1 saturated carbocycles. The summed E-state index contributed by atoms with van der Waals surface area (Å²) in [7, 11) is 0. The standard InChI is InChI=1S/C17H24N2O2/c1-17(2)12-19(10-11-21-17)16(20)18-15(14-8-9-14)13-6-4-3-5-7-13/h3-7,14-15H,8-12H2,1-2H3,(H,18,20). The minimum atomic E-state index is -0.253. The number of urea groups is 1. The minimum Gasteiger partial charge on any atom is -0.372 e. The fourth-order valence-electron chi connectivity index (χ4n) is 2.98. The largest absolute Gasteiger partial charge is 0.372 e. The number of nitrogens with one attached hydrogen (secondary N) is 1. The van der Waals surface area contributed by atoms with Crippen molar-refractivity contribution in [1.82, 2.24) is 10.2 Å². The van der Waals surface area contributed by atoms with Crippen LogP contribution in [0.1, 0.15) is 38.3 Å². The van der Waals surface area contributed by atoms with E-state index in [2.05, 4.69) is 17.4 Å². The van der Waals surface area contributed by atoms with Crippen LogP contribution in [0.25, 0.3) is 0 Å². The van der Waals surface area contributed by atoms with Crippen molar-refractivity contribution in [3.8, 4) is 0 Å². The Morgan fingerprint density at radius 3 is 2.67 bits per heavy atom. The molecule has 0 aromatic heterocycles. The molecular formula is C17H24N2O2. The van der Waals surface area contributed by atoms with Gasteiger partial charge in [0.05, 0.1) is 24.8 Å². The molecule has 0 bridgehead atoms. The third kappa shape index (κ3) is 3.56. The maximum Gasteiger partial charge on any atom is 0.318 e.